The highest BCUT2D eigenvalue weighted by Crippen LogP contribution is 2.44. The molecule has 81 heavy (non-hydrogen) atoms. The van der Waals surface area contributed by atoms with Crippen molar-refractivity contribution in [1.29, 1.82) is 0 Å². The van der Waals surface area contributed by atoms with Crippen molar-refractivity contribution in [3.8, 4) is 44.5 Å². The Bertz CT molecular complexity index is 3900. The minimum absolute atomic E-state index is 0.401. The Kier molecular flexibility index (Phi) is 19.3. The monoisotopic (exact) mass is 1240 g/mol. The van der Waals surface area contributed by atoms with Gasteiger partial charge in [-0.2, -0.15) is 0 Å². The molecule has 0 atom stereocenters. The molecule has 0 amide bonds. The second-order valence-electron chi connectivity index (χ2n) is 19.3. The average Bonchev–Trinajstić information content (AvgIpc) is 4.42. The van der Waals surface area contributed by atoms with Crippen molar-refractivity contribution >= 4 is 172 Å². The Balaban J connectivity index is 1.43. The second kappa shape index (κ2) is 26.0. The van der Waals surface area contributed by atoms with Crippen LogP contribution in [-0.4, -0.2) is 112 Å². The first-order valence-corrected chi connectivity index (χ1v) is 30.8. The molecule has 2 aliphatic heterocycles. The molecule has 5 heterocycles. The first kappa shape index (κ1) is 60.1. The molecule has 0 spiro atoms. The van der Waals surface area contributed by atoms with E-state index in [0.29, 0.717) is 90.6 Å². The lowest BCUT2D eigenvalue weighted by atomic mass is 10.0. The zero-order valence-electron chi connectivity index (χ0n) is 46.3. The number of aromatic amines is 2. The molecule has 17 heteroatoms. The van der Waals surface area contributed by atoms with E-state index in [2.05, 4.69) is 85.0 Å². The minimum Gasteiger partial charge on any atom is -0.363 e. The van der Waals surface area contributed by atoms with Crippen LogP contribution in [0.2, 0.25) is 20.1 Å². The van der Waals surface area contributed by atoms with Gasteiger partial charge in [0.15, 0.2) is 0 Å². The topological polar surface area (TPSA) is 70.3 Å². The number of halogens is 5. The molecule has 8 bridgehead atoms. The second-order valence-corrected chi connectivity index (χ2v) is 22.9. The summed E-state index contributed by atoms with van der Waals surface area (Å²) < 4.78 is 0. The third-order valence-electron chi connectivity index (χ3n) is 15.0. The van der Waals surface area contributed by atoms with Crippen LogP contribution < -0.4 is 0 Å². The fraction of sp³-hybridized carbons (Fsp3) is 0.250. The Labute approximate surface area is 521 Å². The van der Waals surface area contributed by atoms with E-state index in [1.165, 1.54) is 0 Å². The van der Waals surface area contributed by atoms with Crippen LogP contribution >= 0.6 is 107 Å². The molecule has 2 N–H and O–H groups in total. The largest absolute Gasteiger partial charge is 0.363 e. The van der Waals surface area contributed by atoms with Crippen LogP contribution in [0.25, 0.3) is 89.8 Å². The third-order valence-corrected chi connectivity index (χ3v) is 18.4. The van der Waals surface area contributed by atoms with Gasteiger partial charge in [0.05, 0.1) is 37.9 Å². The zero-order chi connectivity index (χ0) is 58.0. The number of benzene rings is 4. The third kappa shape index (κ3) is 11.9. The van der Waals surface area contributed by atoms with Gasteiger partial charge in [-0.1, -0.05) is 143 Å². The number of H-pyrrole nitrogens is 2. The average molecular weight is 1250 g/mol. The number of thiocarbonyl (C=S) groups is 4. The summed E-state index contributed by atoms with van der Waals surface area (Å²) in [5, 5.41) is 2.39. The predicted molar refractivity (Wildman–Crippen MR) is 364 cm³/mol. The number of nitrogens with zero attached hydrogens (tertiary/aromatic N) is 6. The van der Waals surface area contributed by atoms with Crippen molar-refractivity contribution in [2.24, 2.45) is 0 Å². The summed E-state index contributed by atoms with van der Waals surface area (Å²) in [4.78, 5) is 29.9. The lowest BCUT2D eigenvalue weighted by Crippen LogP contribution is -2.29. The summed E-state index contributed by atoms with van der Waals surface area (Å²) in [6.45, 7) is 22.7. The van der Waals surface area contributed by atoms with Gasteiger partial charge < -0.3 is 29.6 Å². The molecule has 0 saturated heterocycles. The molecule has 0 unspecified atom stereocenters. The number of fused-ring (bicyclic) bond motifs is 8. The van der Waals surface area contributed by atoms with E-state index in [4.69, 9.17) is 117 Å². The molecule has 9 rings (SSSR count). The van der Waals surface area contributed by atoms with E-state index in [0.717, 1.165) is 118 Å². The maximum atomic E-state index is 7.58. The summed E-state index contributed by atoms with van der Waals surface area (Å²) in [6, 6.07) is 32.0. The van der Waals surface area contributed by atoms with E-state index in [1.807, 2.05) is 115 Å². The standard InChI is InChI=1S/C64H61Cl5N8S4/c1-9-74(10-2)61(78)38-19-21-40(44(65)33-38)58-52-28-26-50(71-52)56(36-17-23-42(46(67)31-36)63(80)76(13-5)14-6)49-25-27-51(70-49)57(37-18-24-43(47(68)32-37)64(81)77(15-7)16-8)60-48(69)35-55(73-60)59(54-30-29-53(58)72-54)41-22-20-39(34-45(41)66)62(79)75(11-3)12-4/h17-35,70,72H,9-16H2,1-8H3. The van der Waals surface area contributed by atoms with Crippen molar-refractivity contribution in [2.75, 3.05) is 52.4 Å². The van der Waals surface area contributed by atoms with Crippen LogP contribution in [0, 0.1) is 0 Å². The summed E-state index contributed by atoms with van der Waals surface area (Å²) in [7, 11) is 0. The summed E-state index contributed by atoms with van der Waals surface area (Å²) in [5.74, 6) is 0. The Morgan fingerprint density at radius 2 is 0.765 bits per heavy atom. The van der Waals surface area contributed by atoms with E-state index < -0.39 is 0 Å². The lowest BCUT2D eigenvalue weighted by molar-refractivity contribution is 0.474. The van der Waals surface area contributed by atoms with Crippen molar-refractivity contribution in [3.63, 3.8) is 0 Å². The quantitative estimate of drug-likeness (QED) is 0.0915. The predicted octanol–water partition coefficient (Wildman–Crippen LogP) is 18.6. The molecule has 416 valence electrons. The van der Waals surface area contributed by atoms with Crippen LogP contribution in [-0.2, 0) is 0 Å². The van der Waals surface area contributed by atoms with Crippen molar-refractivity contribution in [3.05, 3.63) is 162 Å². The number of nitrogens with one attached hydrogen (secondary N) is 2. The van der Waals surface area contributed by atoms with E-state index >= 15 is 0 Å². The Hall–Kier alpha value is -5.51. The first-order valence-electron chi connectivity index (χ1n) is 27.2. The van der Waals surface area contributed by atoms with Crippen LogP contribution in [0.3, 0.4) is 0 Å². The molecule has 0 fully saturated rings. The van der Waals surface area contributed by atoms with Crippen molar-refractivity contribution in [2.45, 2.75) is 55.4 Å². The van der Waals surface area contributed by atoms with Gasteiger partial charge in [0.1, 0.15) is 20.0 Å². The molecule has 0 saturated carbocycles. The number of hydrogen-bond acceptors (Lipinski definition) is 6. The van der Waals surface area contributed by atoms with Gasteiger partial charge >= 0.3 is 0 Å². The molecule has 3 aromatic heterocycles. The van der Waals surface area contributed by atoms with Gasteiger partial charge in [-0.15, -0.1) is 0 Å². The highest BCUT2D eigenvalue weighted by Gasteiger charge is 2.26. The minimum atomic E-state index is 0.401. The zero-order valence-corrected chi connectivity index (χ0v) is 53.4. The van der Waals surface area contributed by atoms with Crippen LogP contribution in [0.1, 0.15) is 100 Å². The SMILES string of the molecule is CCN(CC)C(=S)c1ccc(-c2c3nc(c(-c4ccc(C(=S)N(CC)CC)c(Cl)c4)c4ccc([nH]4)c(-c4ccc(C(=S)N(CC)CC)c(Cl)c4)c4nc(c(-c5ccc(C(=S)N(CC)CC)cc5Cl)c5ccc2[nH]5)C=C4Cl)C=C3)c(Cl)c1. The highest BCUT2D eigenvalue weighted by molar-refractivity contribution is 7.81. The van der Waals surface area contributed by atoms with Crippen LogP contribution in [0.4, 0.5) is 0 Å². The summed E-state index contributed by atoms with van der Waals surface area (Å²) in [5.41, 5.74) is 14.5. The molecule has 2 aliphatic rings. The maximum Gasteiger partial charge on any atom is 0.110 e. The molecule has 8 nitrogen and oxygen atoms in total. The highest BCUT2D eigenvalue weighted by atomic mass is 35.5. The van der Waals surface area contributed by atoms with Crippen LogP contribution in [0.5, 0.6) is 0 Å². The van der Waals surface area contributed by atoms with E-state index in [9.17, 15) is 0 Å². The Morgan fingerprint density at radius 1 is 0.395 bits per heavy atom. The molecule has 7 aromatic rings. The summed E-state index contributed by atoms with van der Waals surface area (Å²) in [6.07, 6.45) is 5.94. The van der Waals surface area contributed by atoms with Gasteiger partial charge in [0.25, 0.3) is 0 Å². The number of aromatic nitrogens is 4. The Morgan fingerprint density at radius 3 is 1.17 bits per heavy atom. The fourth-order valence-electron chi connectivity index (χ4n) is 10.6. The maximum absolute atomic E-state index is 7.58. The number of hydrogen-bond donors (Lipinski definition) is 2. The molecule has 0 aliphatic carbocycles. The van der Waals surface area contributed by atoms with Gasteiger partial charge in [-0.3, -0.25) is 0 Å². The van der Waals surface area contributed by atoms with Gasteiger partial charge in [0, 0.05) is 140 Å². The van der Waals surface area contributed by atoms with Gasteiger partial charge in [0.2, 0.25) is 0 Å². The lowest BCUT2D eigenvalue weighted by Gasteiger charge is -2.22. The van der Waals surface area contributed by atoms with Crippen molar-refractivity contribution in [1.82, 2.24) is 39.5 Å². The normalized spacial score (nSPS) is 11.9. The van der Waals surface area contributed by atoms with Gasteiger partial charge in [-0.25, -0.2) is 9.97 Å². The molecular formula is C64H61Cl5N8S4. The van der Waals surface area contributed by atoms with Crippen molar-refractivity contribution < 1.29 is 0 Å². The van der Waals surface area contributed by atoms with Gasteiger partial charge in [-0.05, 0) is 145 Å². The smallest absolute Gasteiger partial charge is 0.110 e. The fourth-order valence-corrected chi connectivity index (χ4v) is 13.6. The molecule has 0 radical (unpaired) electrons. The van der Waals surface area contributed by atoms with Crippen LogP contribution in [0.15, 0.2) is 97.1 Å². The number of rotatable bonds is 16. The molecular weight excluding hydrogens is 1190 g/mol. The van der Waals surface area contributed by atoms with E-state index in [-0.39, 0.29) is 0 Å². The molecule has 4 aromatic carbocycles. The first-order chi connectivity index (χ1) is 39.0. The van der Waals surface area contributed by atoms with E-state index in [1.54, 1.807) is 0 Å². The summed E-state index contributed by atoms with van der Waals surface area (Å²) >= 11 is 61.1.